The molecule has 0 bridgehead atoms. The van der Waals surface area contributed by atoms with E-state index in [9.17, 15) is 14.4 Å². The first kappa shape index (κ1) is 21.8. The third-order valence-corrected chi connectivity index (χ3v) is 5.93. The number of piperidine rings is 1. The number of hydrogen-bond donors (Lipinski definition) is 2. The molecule has 1 saturated heterocycles. The number of benzene rings is 1. The molecule has 1 aromatic carbocycles. The molecule has 4 amide bonds. The molecule has 2 N–H and O–H groups in total. The summed E-state index contributed by atoms with van der Waals surface area (Å²) in [5.74, 6) is -0.171. The molecule has 3 rings (SSSR count). The zero-order chi connectivity index (χ0) is 21.3. The quantitative estimate of drug-likeness (QED) is 0.711. The fraction of sp³-hybridized carbons (Fsp3) is 0.409. The smallest absolute Gasteiger partial charge is 0.317 e. The van der Waals surface area contributed by atoms with Gasteiger partial charge in [-0.15, -0.1) is 0 Å². The molecule has 0 spiro atoms. The van der Waals surface area contributed by atoms with Crippen molar-refractivity contribution in [2.45, 2.75) is 32.4 Å². The minimum absolute atomic E-state index is 0.0195. The van der Waals surface area contributed by atoms with E-state index in [4.69, 9.17) is 0 Å². The highest BCUT2D eigenvalue weighted by Crippen LogP contribution is 2.13. The van der Waals surface area contributed by atoms with Crippen molar-refractivity contribution in [1.82, 2.24) is 20.4 Å². The predicted molar refractivity (Wildman–Crippen MR) is 117 cm³/mol. The van der Waals surface area contributed by atoms with Crippen LogP contribution in [0.15, 0.2) is 47.2 Å². The van der Waals surface area contributed by atoms with Crippen LogP contribution in [0.2, 0.25) is 0 Å². The van der Waals surface area contributed by atoms with Gasteiger partial charge in [-0.3, -0.25) is 9.59 Å². The minimum Gasteiger partial charge on any atom is -0.349 e. The molecular formula is C22H28N4O3S. The van der Waals surface area contributed by atoms with E-state index < -0.39 is 0 Å². The summed E-state index contributed by atoms with van der Waals surface area (Å²) < 4.78 is 0. The first-order valence-corrected chi connectivity index (χ1v) is 11.2. The largest absolute Gasteiger partial charge is 0.349 e. The minimum atomic E-state index is -0.235. The number of likely N-dealkylation sites (tertiary alicyclic amines) is 1. The van der Waals surface area contributed by atoms with Gasteiger partial charge < -0.3 is 20.4 Å². The lowest BCUT2D eigenvalue weighted by Crippen LogP contribution is -2.51. The van der Waals surface area contributed by atoms with Gasteiger partial charge in [-0.1, -0.05) is 30.3 Å². The van der Waals surface area contributed by atoms with E-state index in [0.717, 1.165) is 5.56 Å². The third kappa shape index (κ3) is 6.06. The predicted octanol–water partition coefficient (Wildman–Crippen LogP) is 2.70. The first-order valence-electron chi connectivity index (χ1n) is 10.2. The summed E-state index contributed by atoms with van der Waals surface area (Å²) in [5.41, 5.74) is 1.74. The fourth-order valence-electron chi connectivity index (χ4n) is 3.44. The summed E-state index contributed by atoms with van der Waals surface area (Å²) in [5, 5.41) is 9.47. The number of hydrogen-bond acceptors (Lipinski definition) is 4. The van der Waals surface area contributed by atoms with E-state index in [2.05, 4.69) is 10.6 Å². The van der Waals surface area contributed by atoms with Crippen molar-refractivity contribution >= 4 is 29.2 Å². The van der Waals surface area contributed by atoms with Crippen molar-refractivity contribution in [2.24, 2.45) is 0 Å². The lowest BCUT2D eigenvalue weighted by atomic mass is 10.0. The Morgan fingerprint density at radius 2 is 1.87 bits per heavy atom. The van der Waals surface area contributed by atoms with Crippen LogP contribution in [0.5, 0.6) is 0 Å². The highest BCUT2D eigenvalue weighted by Gasteiger charge is 2.25. The molecule has 7 nitrogen and oxygen atoms in total. The van der Waals surface area contributed by atoms with Gasteiger partial charge in [0.05, 0.1) is 6.54 Å². The molecule has 0 atom stereocenters. The summed E-state index contributed by atoms with van der Waals surface area (Å²) >= 11 is 1.49. The molecule has 8 heteroatoms. The normalized spacial score (nSPS) is 14.2. The van der Waals surface area contributed by atoms with Crippen LogP contribution in [0.25, 0.3) is 0 Å². The van der Waals surface area contributed by atoms with E-state index in [1.807, 2.05) is 48.0 Å². The van der Waals surface area contributed by atoms with Crippen LogP contribution in [0.4, 0.5) is 4.79 Å². The van der Waals surface area contributed by atoms with Crippen LogP contribution in [0.1, 0.15) is 35.7 Å². The topological polar surface area (TPSA) is 81.8 Å². The van der Waals surface area contributed by atoms with Crippen LogP contribution in [-0.2, 0) is 11.3 Å². The fourth-order valence-corrected chi connectivity index (χ4v) is 4.08. The third-order valence-electron chi connectivity index (χ3n) is 5.24. The van der Waals surface area contributed by atoms with Crippen LogP contribution in [0.3, 0.4) is 0 Å². The number of rotatable bonds is 7. The Morgan fingerprint density at radius 3 is 2.50 bits per heavy atom. The summed E-state index contributed by atoms with van der Waals surface area (Å²) in [4.78, 5) is 40.5. The maximum Gasteiger partial charge on any atom is 0.317 e. The summed E-state index contributed by atoms with van der Waals surface area (Å²) in [6.45, 7) is 4.12. The lowest BCUT2D eigenvalue weighted by molar-refractivity contribution is -0.130. The molecule has 0 saturated carbocycles. The SMILES string of the molecule is CCN(Cc1ccccc1)C(=O)CNC(=O)N1CCC(NC(=O)c2ccsc2)CC1. The molecule has 0 unspecified atom stereocenters. The van der Waals surface area contributed by atoms with Gasteiger partial charge in [0, 0.05) is 43.2 Å². The van der Waals surface area contributed by atoms with E-state index in [-0.39, 0.29) is 30.4 Å². The number of nitrogens with one attached hydrogen (secondary N) is 2. The van der Waals surface area contributed by atoms with Crippen LogP contribution in [0, 0.1) is 0 Å². The maximum absolute atomic E-state index is 12.5. The van der Waals surface area contributed by atoms with Gasteiger partial charge >= 0.3 is 6.03 Å². The average Bonchev–Trinajstić information content (AvgIpc) is 3.32. The van der Waals surface area contributed by atoms with Gasteiger partial charge in [0.2, 0.25) is 5.91 Å². The molecule has 1 aromatic heterocycles. The summed E-state index contributed by atoms with van der Waals surface area (Å²) in [6.07, 6.45) is 1.40. The van der Waals surface area contributed by atoms with Gasteiger partial charge in [-0.25, -0.2) is 4.79 Å². The van der Waals surface area contributed by atoms with Crippen molar-refractivity contribution in [3.05, 3.63) is 58.3 Å². The second kappa shape index (κ2) is 10.8. The maximum atomic E-state index is 12.5. The average molecular weight is 429 g/mol. The zero-order valence-electron chi connectivity index (χ0n) is 17.2. The zero-order valence-corrected chi connectivity index (χ0v) is 18.0. The summed E-state index contributed by atoms with van der Waals surface area (Å²) in [7, 11) is 0. The Hall–Kier alpha value is -2.87. The van der Waals surface area contributed by atoms with Gasteiger partial charge in [0.1, 0.15) is 0 Å². The molecule has 160 valence electrons. The van der Waals surface area contributed by atoms with Crippen molar-refractivity contribution in [3.63, 3.8) is 0 Å². The van der Waals surface area contributed by atoms with Gasteiger partial charge in [0.15, 0.2) is 0 Å². The van der Waals surface area contributed by atoms with E-state index >= 15 is 0 Å². The number of nitrogens with zero attached hydrogens (tertiary/aromatic N) is 2. The number of urea groups is 1. The van der Waals surface area contributed by atoms with Crippen molar-refractivity contribution in [2.75, 3.05) is 26.2 Å². The first-order chi connectivity index (χ1) is 14.6. The Morgan fingerprint density at radius 1 is 1.13 bits per heavy atom. The van der Waals surface area contributed by atoms with Crippen molar-refractivity contribution in [3.8, 4) is 0 Å². The van der Waals surface area contributed by atoms with E-state index in [1.165, 1.54) is 11.3 Å². The Bertz CT molecular complexity index is 833. The van der Waals surface area contributed by atoms with Crippen molar-refractivity contribution in [1.29, 1.82) is 0 Å². The number of thiophene rings is 1. The highest BCUT2D eigenvalue weighted by atomic mass is 32.1. The van der Waals surface area contributed by atoms with Crippen LogP contribution in [-0.4, -0.2) is 59.9 Å². The molecule has 1 aliphatic heterocycles. The van der Waals surface area contributed by atoms with Gasteiger partial charge in [-0.2, -0.15) is 11.3 Å². The van der Waals surface area contributed by atoms with Crippen molar-refractivity contribution < 1.29 is 14.4 Å². The molecule has 0 radical (unpaired) electrons. The number of amides is 4. The number of carbonyl (C=O) groups excluding carboxylic acids is 3. The Kier molecular flexibility index (Phi) is 7.84. The Balaban J connectivity index is 1.39. The number of likely N-dealkylation sites (N-methyl/N-ethyl adjacent to an activating group) is 1. The standard InChI is InChI=1S/C22H28N4O3S/c1-2-25(15-17-6-4-3-5-7-17)20(27)14-23-22(29)26-11-8-19(9-12-26)24-21(28)18-10-13-30-16-18/h3-7,10,13,16,19H,2,8-9,11-12,14-15H2,1H3,(H,23,29)(H,24,28). The van der Waals surface area contributed by atoms with Gasteiger partial charge in [0.25, 0.3) is 5.91 Å². The van der Waals surface area contributed by atoms with Crippen LogP contribution < -0.4 is 10.6 Å². The lowest BCUT2D eigenvalue weighted by Gasteiger charge is -2.32. The molecular weight excluding hydrogens is 400 g/mol. The van der Waals surface area contributed by atoms with E-state index in [0.29, 0.717) is 44.6 Å². The monoisotopic (exact) mass is 428 g/mol. The molecule has 0 aliphatic carbocycles. The van der Waals surface area contributed by atoms with Crippen LogP contribution >= 0.6 is 11.3 Å². The highest BCUT2D eigenvalue weighted by molar-refractivity contribution is 7.08. The van der Waals surface area contributed by atoms with Gasteiger partial charge in [-0.05, 0) is 36.8 Å². The second-order valence-electron chi connectivity index (χ2n) is 7.30. The molecule has 1 aliphatic rings. The molecule has 2 aromatic rings. The molecule has 2 heterocycles. The Labute approximate surface area is 181 Å². The second-order valence-corrected chi connectivity index (χ2v) is 8.08. The molecule has 1 fully saturated rings. The molecule has 30 heavy (non-hydrogen) atoms. The number of carbonyl (C=O) groups is 3. The summed E-state index contributed by atoms with van der Waals surface area (Å²) in [6, 6.07) is 11.4. The van der Waals surface area contributed by atoms with E-state index in [1.54, 1.807) is 15.9 Å².